The summed E-state index contributed by atoms with van der Waals surface area (Å²) < 4.78 is 0. The van der Waals surface area contributed by atoms with E-state index in [0.29, 0.717) is 10.6 Å². The molecule has 4 heteroatoms. The fraction of sp³-hybridized carbons (Fsp3) is 0.0909. The van der Waals surface area contributed by atoms with Gasteiger partial charge in [0.1, 0.15) is 0 Å². The lowest BCUT2D eigenvalue weighted by atomic mass is 10.1. The van der Waals surface area contributed by atoms with Crippen molar-refractivity contribution in [3.63, 3.8) is 0 Å². The number of ketones is 1. The third-order valence-corrected chi connectivity index (χ3v) is 2.04. The van der Waals surface area contributed by atoms with Crippen LogP contribution < -0.4 is 5.73 Å². The van der Waals surface area contributed by atoms with Crippen molar-refractivity contribution in [2.75, 3.05) is 0 Å². The van der Waals surface area contributed by atoms with Gasteiger partial charge >= 0.3 is 0 Å². The Hall–Kier alpha value is -1.61. The second-order valence-corrected chi connectivity index (χ2v) is 3.47. The van der Waals surface area contributed by atoms with Crippen LogP contribution in [0.3, 0.4) is 0 Å². The van der Waals surface area contributed by atoms with Crippen LogP contribution in [0.5, 0.6) is 0 Å². The molecule has 15 heavy (non-hydrogen) atoms. The Labute approximate surface area is 92.5 Å². The predicted octanol–water partition coefficient (Wildman–Crippen LogP) is 1.80. The first-order valence-electron chi connectivity index (χ1n) is 4.28. The van der Waals surface area contributed by atoms with Gasteiger partial charge in [-0.1, -0.05) is 23.7 Å². The normalized spacial score (nSPS) is 11.2. The molecule has 0 aromatic heterocycles. The molecule has 1 rings (SSSR count). The first-order valence-corrected chi connectivity index (χ1v) is 4.66. The van der Waals surface area contributed by atoms with Crippen LogP contribution in [0.25, 0.3) is 6.08 Å². The molecular formula is C11H10ClNO2. The predicted molar refractivity (Wildman–Crippen MR) is 59.3 cm³/mol. The van der Waals surface area contributed by atoms with E-state index in [4.69, 9.17) is 17.3 Å². The number of halogens is 1. The molecule has 0 aliphatic carbocycles. The smallest absolute Gasteiger partial charge is 0.252 e. The average Bonchev–Trinajstić information content (AvgIpc) is 2.13. The summed E-state index contributed by atoms with van der Waals surface area (Å²) in [6.07, 6.45) is 1.43. The number of hydrogen-bond donors (Lipinski definition) is 1. The zero-order valence-corrected chi connectivity index (χ0v) is 8.91. The Morgan fingerprint density at radius 2 is 2.07 bits per heavy atom. The highest BCUT2D eigenvalue weighted by Gasteiger charge is 2.10. The van der Waals surface area contributed by atoms with Gasteiger partial charge in [0, 0.05) is 5.02 Å². The number of rotatable bonds is 3. The quantitative estimate of drug-likeness (QED) is 0.483. The van der Waals surface area contributed by atoms with Gasteiger partial charge in [-0.15, -0.1) is 0 Å². The first-order chi connectivity index (χ1) is 7.00. The molecule has 0 bridgehead atoms. The second kappa shape index (κ2) is 4.75. The number of hydrogen-bond acceptors (Lipinski definition) is 2. The molecule has 0 fully saturated rings. The minimum Gasteiger partial charge on any atom is -0.365 e. The lowest BCUT2D eigenvalue weighted by Crippen LogP contribution is -2.18. The summed E-state index contributed by atoms with van der Waals surface area (Å²) in [7, 11) is 0. The highest BCUT2D eigenvalue weighted by Crippen LogP contribution is 2.13. The third-order valence-electron chi connectivity index (χ3n) is 1.80. The number of carbonyl (C=O) groups excluding carboxylic acids is 2. The molecule has 78 valence electrons. The molecule has 0 unspecified atom stereocenters. The molecular weight excluding hydrogens is 214 g/mol. The van der Waals surface area contributed by atoms with Crippen molar-refractivity contribution in [3.05, 3.63) is 40.4 Å². The number of nitrogens with two attached hydrogens (primary N) is 1. The van der Waals surface area contributed by atoms with E-state index in [1.807, 2.05) is 0 Å². The van der Waals surface area contributed by atoms with Crippen molar-refractivity contribution < 1.29 is 9.59 Å². The molecule has 0 radical (unpaired) electrons. The summed E-state index contributed by atoms with van der Waals surface area (Å²) in [6, 6.07) is 6.81. The van der Waals surface area contributed by atoms with E-state index >= 15 is 0 Å². The summed E-state index contributed by atoms with van der Waals surface area (Å²) in [5, 5.41) is 0.538. The fourth-order valence-electron chi connectivity index (χ4n) is 1.11. The molecule has 0 atom stereocenters. The lowest BCUT2D eigenvalue weighted by Gasteiger charge is -1.99. The Morgan fingerprint density at radius 3 is 2.53 bits per heavy atom. The number of amides is 1. The van der Waals surface area contributed by atoms with Gasteiger partial charge in [-0.2, -0.15) is 0 Å². The van der Waals surface area contributed by atoms with Crippen molar-refractivity contribution in [1.29, 1.82) is 0 Å². The number of primary amides is 1. The maximum absolute atomic E-state index is 11.1. The molecule has 1 amide bonds. The largest absolute Gasteiger partial charge is 0.365 e. The molecule has 0 spiro atoms. The number of carbonyl (C=O) groups is 2. The van der Waals surface area contributed by atoms with Gasteiger partial charge in [0.15, 0.2) is 5.78 Å². The van der Waals surface area contributed by atoms with E-state index in [0.717, 1.165) is 0 Å². The zero-order chi connectivity index (χ0) is 11.4. The van der Waals surface area contributed by atoms with Crippen molar-refractivity contribution in [2.24, 2.45) is 5.73 Å². The Kier molecular flexibility index (Phi) is 3.63. The van der Waals surface area contributed by atoms with Crippen molar-refractivity contribution in [1.82, 2.24) is 0 Å². The molecule has 2 N–H and O–H groups in total. The highest BCUT2D eigenvalue weighted by atomic mass is 35.5. The summed E-state index contributed by atoms with van der Waals surface area (Å²) >= 11 is 5.76. The monoisotopic (exact) mass is 223 g/mol. The van der Waals surface area contributed by atoms with E-state index in [-0.39, 0.29) is 11.4 Å². The fourth-order valence-corrected chi connectivity index (χ4v) is 1.31. The van der Waals surface area contributed by atoms with Gasteiger partial charge in [-0.05, 0) is 30.7 Å². The molecule has 0 saturated carbocycles. The molecule has 0 heterocycles. The summed E-state index contributed by atoms with van der Waals surface area (Å²) in [4.78, 5) is 22.0. The topological polar surface area (TPSA) is 60.2 Å². The van der Waals surface area contributed by atoms with E-state index in [2.05, 4.69) is 0 Å². The third kappa shape index (κ3) is 3.22. The SMILES string of the molecule is CC(=O)/C(=C\c1cccc(Cl)c1)C(N)=O. The Morgan fingerprint density at radius 1 is 1.40 bits per heavy atom. The molecule has 0 aliphatic heterocycles. The Bertz CT molecular complexity index is 422. The van der Waals surface area contributed by atoms with E-state index < -0.39 is 5.91 Å². The van der Waals surface area contributed by atoms with Gasteiger partial charge in [0.25, 0.3) is 5.91 Å². The van der Waals surface area contributed by atoms with Crippen LogP contribution in [0.1, 0.15) is 12.5 Å². The van der Waals surface area contributed by atoms with Gasteiger partial charge < -0.3 is 5.73 Å². The maximum atomic E-state index is 11.1. The van der Waals surface area contributed by atoms with Crippen molar-refractivity contribution in [2.45, 2.75) is 6.92 Å². The minimum absolute atomic E-state index is 0.0303. The van der Waals surface area contributed by atoms with Crippen LogP contribution in [-0.2, 0) is 9.59 Å². The van der Waals surface area contributed by atoms with E-state index in [1.165, 1.54) is 13.0 Å². The summed E-state index contributed by atoms with van der Waals surface area (Å²) in [5.74, 6) is -1.09. The van der Waals surface area contributed by atoms with Gasteiger partial charge in [-0.3, -0.25) is 9.59 Å². The zero-order valence-electron chi connectivity index (χ0n) is 8.16. The molecule has 1 aromatic rings. The molecule has 0 aliphatic rings. The van der Waals surface area contributed by atoms with Gasteiger partial charge in [0.2, 0.25) is 0 Å². The maximum Gasteiger partial charge on any atom is 0.252 e. The number of Topliss-reactive ketones (excluding diaryl/α,β-unsaturated/α-hetero) is 1. The van der Waals surface area contributed by atoms with Crippen LogP contribution in [0, 0.1) is 0 Å². The molecule has 1 aromatic carbocycles. The Balaban J connectivity index is 3.13. The van der Waals surface area contributed by atoms with Crippen molar-refractivity contribution in [3.8, 4) is 0 Å². The van der Waals surface area contributed by atoms with Gasteiger partial charge in [-0.25, -0.2) is 0 Å². The lowest BCUT2D eigenvalue weighted by molar-refractivity contribution is -0.119. The second-order valence-electron chi connectivity index (χ2n) is 3.03. The standard InChI is InChI=1S/C11H10ClNO2/c1-7(14)10(11(13)15)6-8-3-2-4-9(12)5-8/h2-6H,1H3,(H2,13,15)/b10-6+. The molecule has 0 saturated heterocycles. The van der Waals surface area contributed by atoms with E-state index in [1.54, 1.807) is 24.3 Å². The van der Waals surface area contributed by atoms with E-state index in [9.17, 15) is 9.59 Å². The molecule has 3 nitrogen and oxygen atoms in total. The summed E-state index contributed by atoms with van der Waals surface area (Å²) in [6.45, 7) is 1.29. The van der Waals surface area contributed by atoms with Crippen molar-refractivity contribution >= 4 is 29.4 Å². The average molecular weight is 224 g/mol. The van der Waals surface area contributed by atoms with Crippen LogP contribution >= 0.6 is 11.6 Å². The van der Waals surface area contributed by atoms with Crippen LogP contribution in [0.15, 0.2) is 29.8 Å². The minimum atomic E-state index is -0.734. The van der Waals surface area contributed by atoms with Crippen LogP contribution in [0.4, 0.5) is 0 Å². The van der Waals surface area contributed by atoms with Crippen LogP contribution in [0.2, 0.25) is 5.02 Å². The summed E-state index contributed by atoms with van der Waals surface area (Å²) in [5.41, 5.74) is 5.70. The van der Waals surface area contributed by atoms with Crippen LogP contribution in [-0.4, -0.2) is 11.7 Å². The highest BCUT2D eigenvalue weighted by molar-refractivity contribution is 6.30. The van der Waals surface area contributed by atoms with Gasteiger partial charge in [0.05, 0.1) is 5.57 Å². The first kappa shape index (κ1) is 11.5. The number of benzene rings is 1.